The molecule has 0 aromatic carbocycles. The Hall–Kier alpha value is -1.16. The second-order valence-corrected chi connectivity index (χ2v) is 8.27. The second-order valence-electron chi connectivity index (χ2n) is 8.27. The zero-order valence-corrected chi connectivity index (χ0v) is 15.4. The van der Waals surface area contributed by atoms with Crippen LogP contribution in [0.15, 0.2) is 6.20 Å². The van der Waals surface area contributed by atoms with Crippen LogP contribution in [0.1, 0.15) is 56.8 Å². The van der Waals surface area contributed by atoms with E-state index in [9.17, 15) is 0 Å². The number of nitrogens with zero attached hydrogens (tertiary/aromatic N) is 4. The highest BCUT2D eigenvalue weighted by atomic mass is 15.3. The summed E-state index contributed by atoms with van der Waals surface area (Å²) in [7, 11) is 0. The number of anilines is 1. The molecule has 4 fully saturated rings. The molecule has 1 aromatic rings. The third-order valence-corrected chi connectivity index (χ3v) is 6.33. The summed E-state index contributed by atoms with van der Waals surface area (Å²) in [5.41, 5.74) is 1.34. The fourth-order valence-corrected chi connectivity index (χ4v) is 4.79. The lowest BCUT2D eigenvalue weighted by molar-refractivity contribution is 0.0917. The highest BCUT2D eigenvalue weighted by Crippen LogP contribution is 2.34. The molecule has 0 N–H and O–H groups in total. The molecule has 0 unspecified atom stereocenters. The molecule has 1 aromatic heterocycles. The van der Waals surface area contributed by atoms with Gasteiger partial charge in [0.2, 0.25) is 0 Å². The van der Waals surface area contributed by atoms with Gasteiger partial charge in [-0.1, -0.05) is 19.8 Å². The van der Waals surface area contributed by atoms with Gasteiger partial charge in [-0.15, -0.1) is 0 Å². The molecule has 4 heteroatoms. The predicted octanol–water partition coefficient (Wildman–Crippen LogP) is 3.44. The average molecular weight is 329 g/mol. The van der Waals surface area contributed by atoms with Gasteiger partial charge in [-0.3, -0.25) is 4.90 Å². The van der Waals surface area contributed by atoms with E-state index < -0.39 is 0 Å². The van der Waals surface area contributed by atoms with Crippen molar-refractivity contribution >= 4 is 5.82 Å². The maximum absolute atomic E-state index is 4.86. The van der Waals surface area contributed by atoms with Crippen molar-refractivity contribution in [1.82, 2.24) is 14.9 Å². The van der Waals surface area contributed by atoms with Gasteiger partial charge in [-0.05, 0) is 50.9 Å². The van der Waals surface area contributed by atoms with Crippen LogP contribution in [-0.4, -0.2) is 47.1 Å². The number of aryl methyl sites for hydroxylation is 2. The fraction of sp³-hybridized carbons (Fsp3) is 0.800. The normalized spacial score (nSPS) is 28.0. The largest absolute Gasteiger partial charge is 0.354 e. The van der Waals surface area contributed by atoms with Crippen molar-refractivity contribution in [2.24, 2.45) is 11.8 Å². The van der Waals surface area contributed by atoms with Crippen molar-refractivity contribution in [3.05, 3.63) is 17.6 Å². The van der Waals surface area contributed by atoms with Crippen LogP contribution in [0.3, 0.4) is 0 Å². The summed E-state index contributed by atoms with van der Waals surface area (Å²) < 4.78 is 0. The number of piperidine rings is 1. The van der Waals surface area contributed by atoms with Gasteiger partial charge in [0.05, 0.1) is 0 Å². The van der Waals surface area contributed by atoms with Crippen LogP contribution in [-0.2, 0) is 6.42 Å². The molecule has 132 valence electrons. The third kappa shape index (κ3) is 3.30. The molecular formula is C20H32N4. The number of hydrogen-bond donors (Lipinski definition) is 0. The van der Waals surface area contributed by atoms with Crippen molar-refractivity contribution in [3.8, 4) is 0 Å². The standard InChI is InChI=1S/C20H32N4/c1-3-5-18-10-21-15(2)22-20(18)24-13-17-8-9-19(14-24)23(12-17)11-16-6-4-7-16/h10,16-17,19H,3-9,11-14H2,1-2H3/t17-,19-/m1/s1. The zero-order valence-electron chi connectivity index (χ0n) is 15.4. The van der Waals surface area contributed by atoms with Crippen LogP contribution in [0, 0.1) is 18.8 Å². The number of fused-ring (bicyclic) bond motifs is 4. The van der Waals surface area contributed by atoms with Crippen molar-refractivity contribution in [2.75, 3.05) is 31.1 Å². The molecule has 4 aliphatic rings. The lowest BCUT2D eigenvalue weighted by Gasteiger charge is -2.40. The van der Waals surface area contributed by atoms with Crippen molar-refractivity contribution in [1.29, 1.82) is 0 Å². The molecule has 3 aliphatic heterocycles. The maximum atomic E-state index is 4.86. The summed E-state index contributed by atoms with van der Waals surface area (Å²) in [5, 5.41) is 0. The van der Waals surface area contributed by atoms with Crippen LogP contribution in [0.2, 0.25) is 0 Å². The molecule has 0 spiro atoms. The van der Waals surface area contributed by atoms with Gasteiger partial charge in [0.15, 0.2) is 0 Å². The number of hydrogen-bond acceptors (Lipinski definition) is 4. The molecule has 1 saturated carbocycles. The number of aromatic nitrogens is 2. The fourth-order valence-electron chi connectivity index (χ4n) is 4.79. The Bertz CT molecular complexity index is 569. The molecule has 0 amide bonds. The Kier molecular flexibility index (Phi) is 4.75. The molecule has 4 heterocycles. The van der Waals surface area contributed by atoms with E-state index >= 15 is 0 Å². The molecule has 3 saturated heterocycles. The van der Waals surface area contributed by atoms with Gasteiger partial charge in [0, 0.05) is 44.0 Å². The second kappa shape index (κ2) is 6.99. The first-order valence-corrected chi connectivity index (χ1v) is 10.0. The van der Waals surface area contributed by atoms with Gasteiger partial charge < -0.3 is 4.90 Å². The van der Waals surface area contributed by atoms with Crippen LogP contribution in [0.5, 0.6) is 0 Å². The van der Waals surface area contributed by atoms with Crippen LogP contribution in [0.25, 0.3) is 0 Å². The Morgan fingerprint density at radius 3 is 2.75 bits per heavy atom. The van der Waals surface area contributed by atoms with Crippen molar-refractivity contribution < 1.29 is 0 Å². The highest BCUT2D eigenvalue weighted by Gasteiger charge is 2.37. The van der Waals surface area contributed by atoms with E-state index in [0.717, 1.165) is 43.1 Å². The monoisotopic (exact) mass is 328 g/mol. The highest BCUT2D eigenvalue weighted by molar-refractivity contribution is 5.47. The SMILES string of the molecule is CCCc1cnc(C)nc1N1C[C@@H]2CC[C@H](C1)N(CC1CCC1)C2. The van der Waals surface area contributed by atoms with E-state index in [2.05, 4.69) is 27.9 Å². The van der Waals surface area contributed by atoms with Crippen LogP contribution < -0.4 is 4.90 Å². The predicted molar refractivity (Wildman–Crippen MR) is 98.4 cm³/mol. The lowest BCUT2D eigenvalue weighted by atomic mass is 9.83. The van der Waals surface area contributed by atoms with E-state index in [1.807, 2.05) is 6.92 Å². The molecular weight excluding hydrogens is 296 g/mol. The molecule has 4 nitrogen and oxygen atoms in total. The minimum Gasteiger partial charge on any atom is -0.354 e. The lowest BCUT2D eigenvalue weighted by Crippen LogP contribution is -2.47. The summed E-state index contributed by atoms with van der Waals surface area (Å²) in [6.07, 6.45) is 11.5. The molecule has 24 heavy (non-hydrogen) atoms. The van der Waals surface area contributed by atoms with Crippen LogP contribution >= 0.6 is 0 Å². The summed E-state index contributed by atoms with van der Waals surface area (Å²) in [6, 6.07) is 0.731. The zero-order chi connectivity index (χ0) is 16.5. The quantitative estimate of drug-likeness (QED) is 0.829. The van der Waals surface area contributed by atoms with Gasteiger partial charge in [0.1, 0.15) is 11.6 Å². The smallest absolute Gasteiger partial charge is 0.135 e. The number of rotatable bonds is 5. The molecule has 0 radical (unpaired) electrons. The topological polar surface area (TPSA) is 32.3 Å². The Morgan fingerprint density at radius 2 is 2.00 bits per heavy atom. The first-order chi connectivity index (χ1) is 11.7. The molecule has 1 aliphatic carbocycles. The van der Waals surface area contributed by atoms with E-state index in [0.29, 0.717) is 0 Å². The molecule has 5 rings (SSSR count). The van der Waals surface area contributed by atoms with E-state index in [4.69, 9.17) is 4.98 Å². The summed E-state index contributed by atoms with van der Waals surface area (Å²) in [5.74, 6) is 3.93. The van der Waals surface area contributed by atoms with Crippen LogP contribution in [0.4, 0.5) is 5.82 Å². The summed E-state index contributed by atoms with van der Waals surface area (Å²) >= 11 is 0. The summed E-state index contributed by atoms with van der Waals surface area (Å²) in [6.45, 7) is 9.27. The van der Waals surface area contributed by atoms with E-state index in [-0.39, 0.29) is 0 Å². The summed E-state index contributed by atoms with van der Waals surface area (Å²) in [4.78, 5) is 14.7. The van der Waals surface area contributed by atoms with Gasteiger partial charge in [0.25, 0.3) is 0 Å². The van der Waals surface area contributed by atoms with E-state index in [1.165, 1.54) is 63.1 Å². The van der Waals surface area contributed by atoms with Gasteiger partial charge >= 0.3 is 0 Å². The Morgan fingerprint density at radius 1 is 1.12 bits per heavy atom. The third-order valence-electron chi connectivity index (χ3n) is 6.33. The minimum atomic E-state index is 0.731. The van der Waals surface area contributed by atoms with Crippen molar-refractivity contribution in [3.63, 3.8) is 0 Å². The first kappa shape index (κ1) is 16.3. The van der Waals surface area contributed by atoms with Crippen molar-refractivity contribution in [2.45, 2.75) is 64.8 Å². The Balaban J connectivity index is 1.54. The van der Waals surface area contributed by atoms with E-state index in [1.54, 1.807) is 0 Å². The maximum Gasteiger partial charge on any atom is 0.135 e. The average Bonchev–Trinajstić information content (AvgIpc) is 2.84. The van der Waals surface area contributed by atoms with Gasteiger partial charge in [-0.2, -0.15) is 0 Å². The molecule has 2 atom stereocenters. The first-order valence-electron chi connectivity index (χ1n) is 10.0. The Labute approximate surface area is 146 Å². The molecule has 2 bridgehead atoms. The minimum absolute atomic E-state index is 0.731. The van der Waals surface area contributed by atoms with Gasteiger partial charge in [-0.25, -0.2) is 9.97 Å².